The van der Waals surface area contributed by atoms with Gasteiger partial charge in [-0.05, 0) is 70.0 Å². The van der Waals surface area contributed by atoms with E-state index in [4.69, 9.17) is 4.74 Å². The number of likely N-dealkylation sites (tertiary alicyclic amines) is 1. The van der Waals surface area contributed by atoms with E-state index >= 15 is 0 Å². The summed E-state index contributed by atoms with van der Waals surface area (Å²) in [5.41, 5.74) is 1.10. The highest BCUT2D eigenvalue weighted by atomic mass is 16.6. The highest BCUT2D eigenvalue weighted by molar-refractivity contribution is 5.94. The molecule has 0 radical (unpaired) electrons. The lowest BCUT2D eigenvalue weighted by molar-refractivity contribution is -0.121. The van der Waals surface area contributed by atoms with Crippen molar-refractivity contribution in [3.63, 3.8) is 0 Å². The second-order valence-corrected chi connectivity index (χ2v) is 8.95. The Kier molecular flexibility index (Phi) is 7.56. The normalized spacial score (nSPS) is 14.7. The van der Waals surface area contributed by atoms with Gasteiger partial charge in [-0.15, -0.1) is 0 Å². The van der Waals surface area contributed by atoms with E-state index in [2.05, 4.69) is 10.6 Å². The van der Waals surface area contributed by atoms with Gasteiger partial charge in [-0.3, -0.25) is 9.59 Å². The van der Waals surface area contributed by atoms with Crippen LogP contribution in [0.4, 0.5) is 4.79 Å². The van der Waals surface area contributed by atoms with E-state index in [1.807, 2.05) is 58.3 Å². The van der Waals surface area contributed by atoms with Gasteiger partial charge in [0.25, 0.3) is 5.91 Å². The van der Waals surface area contributed by atoms with Crippen LogP contribution in [0.3, 0.4) is 0 Å². The summed E-state index contributed by atoms with van der Waals surface area (Å²) < 4.78 is 7.14. The van der Waals surface area contributed by atoms with Crippen LogP contribution in [0, 0.1) is 0 Å². The summed E-state index contributed by atoms with van der Waals surface area (Å²) in [5, 5.41) is 5.58. The number of carbonyl (C=O) groups excluding carboxylic acids is 3. The number of piperidine rings is 1. The number of rotatable bonds is 6. The molecule has 1 aliphatic rings. The maximum Gasteiger partial charge on any atom is 0.407 e. The summed E-state index contributed by atoms with van der Waals surface area (Å²) >= 11 is 0. The molecule has 0 aliphatic carbocycles. The maximum absolute atomic E-state index is 12.8. The zero-order valence-corrected chi connectivity index (χ0v) is 19.0. The Bertz CT molecular complexity index is 908. The van der Waals surface area contributed by atoms with E-state index in [1.165, 1.54) is 0 Å². The van der Waals surface area contributed by atoms with Crippen LogP contribution in [-0.2, 0) is 9.53 Å². The first-order chi connectivity index (χ1) is 15.2. The van der Waals surface area contributed by atoms with E-state index in [-0.39, 0.29) is 30.8 Å². The lowest BCUT2D eigenvalue weighted by Crippen LogP contribution is -2.47. The van der Waals surface area contributed by atoms with Gasteiger partial charge in [0.05, 0.1) is 0 Å². The van der Waals surface area contributed by atoms with Crippen LogP contribution in [0.5, 0.6) is 0 Å². The molecular formula is C24H32N4O4. The summed E-state index contributed by atoms with van der Waals surface area (Å²) in [4.78, 5) is 38.4. The largest absolute Gasteiger partial charge is 0.444 e. The first-order valence-corrected chi connectivity index (χ1v) is 11.0. The molecule has 0 atom stereocenters. The third kappa shape index (κ3) is 6.87. The molecule has 32 heavy (non-hydrogen) atoms. The van der Waals surface area contributed by atoms with Crippen molar-refractivity contribution in [1.29, 1.82) is 0 Å². The summed E-state index contributed by atoms with van der Waals surface area (Å²) in [6.07, 6.45) is 4.99. The smallest absolute Gasteiger partial charge is 0.407 e. The molecule has 1 fully saturated rings. The molecule has 1 aliphatic heterocycles. The van der Waals surface area contributed by atoms with Gasteiger partial charge in [-0.1, -0.05) is 0 Å². The third-order valence-corrected chi connectivity index (χ3v) is 5.18. The van der Waals surface area contributed by atoms with Crippen LogP contribution in [0.1, 0.15) is 50.4 Å². The molecule has 1 aromatic heterocycles. The van der Waals surface area contributed by atoms with Crippen LogP contribution in [0.15, 0.2) is 48.8 Å². The molecule has 0 spiro atoms. The topological polar surface area (TPSA) is 92.7 Å². The number of hydrogen-bond donors (Lipinski definition) is 2. The highest BCUT2D eigenvalue weighted by Gasteiger charge is 2.24. The van der Waals surface area contributed by atoms with Crippen molar-refractivity contribution >= 4 is 17.9 Å². The molecule has 0 bridgehead atoms. The Morgan fingerprint density at radius 1 is 1.03 bits per heavy atom. The minimum Gasteiger partial charge on any atom is -0.444 e. The minimum absolute atomic E-state index is 0.00962. The van der Waals surface area contributed by atoms with Gasteiger partial charge < -0.3 is 24.8 Å². The van der Waals surface area contributed by atoms with E-state index in [0.29, 0.717) is 31.5 Å². The molecular weight excluding hydrogens is 408 g/mol. The number of amides is 3. The van der Waals surface area contributed by atoms with Crippen molar-refractivity contribution in [3.05, 3.63) is 54.4 Å². The fourth-order valence-corrected chi connectivity index (χ4v) is 3.58. The highest BCUT2D eigenvalue weighted by Crippen LogP contribution is 2.16. The zero-order chi connectivity index (χ0) is 23.1. The molecule has 1 saturated heterocycles. The molecule has 0 saturated carbocycles. The number of benzene rings is 1. The monoisotopic (exact) mass is 440 g/mol. The Balaban J connectivity index is 1.38. The lowest BCUT2D eigenvalue weighted by Gasteiger charge is -2.32. The van der Waals surface area contributed by atoms with Crippen LogP contribution in [0.25, 0.3) is 5.69 Å². The molecule has 2 N–H and O–H groups in total. The first-order valence-electron chi connectivity index (χ1n) is 11.0. The number of ether oxygens (including phenoxy) is 1. The summed E-state index contributed by atoms with van der Waals surface area (Å²) in [6.45, 7) is 6.77. The first kappa shape index (κ1) is 23.4. The van der Waals surface area contributed by atoms with Crippen LogP contribution in [0.2, 0.25) is 0 Å². The maximum atomic E-state index is 12.8. The number of nitrogens with zero attached hydrogens (tertiary/aromatic N) is 2. The molecule has 172 valence electrons. The van der Waals surface area contributed by atoms with E-state index in [1.54, 1.807) is 20.8 Å². The van der Waals surface area contributed by atoms with Crippen LogP contribution in [-0.4, -0.2) is 58.7 Å². The Hall–Kier alpha value is -3.29. The standard InChI is InChI=1S/C24H32N4O4/c1-24(2,3)32-23(31)25-13-10-21(29)26-19-11-16-28(17-12-19)22(30)18-6-8-20(9-7-18)27-14-4-5-15-27/h4-9,14-15,19H,10-13,16-17H2,1-3H3,(H,25,31)(H,26,29). The molecule has 3 rings (SSSR count). The van der Waals surface area contributed by atoms with Gasteiger partial charge in [0.15, 0.2) is 0 Å². The quantitative estimate of drug-likeness (QED) is 0.722. The van der Waals surface area contributed by atoms with E-state index in [9.17, 15) is 14.4 Å². The molecule has 3 amide bonds. The average molecular weight is 441 g/mol. The van der Waals surface area contributed by atoms with Gasteiger partial charge in [0.1, 0.15) is 5.60 Å². The number of nitrogens with one attached hydrogen (secondary N) is 2. The van der Waals surface area contributed by atoms with Crippen LogP contribution >= 0.6 is 0 Å². The predicted octanol–water partition coefficient (Wildman–Crippen LogP) is 3.11. The fraction of sp³-hybridized carbons (Fsp3) is 0.458. The molecule has 8 nitrogen and oxygen atoms in total. The summed E-state index contributed by atoms with van der Waals surface area (Å²) in [5.74, 6) is -0.109. The van der Waals surface area contributed by atoms with Crippen molar-refractivity contribution < 1.29 is 19.1 Å². The molecule has 8 heteroatoms. The molecule has 1 aromatic carbocycles. The van der Waals surface area contributed by atoms with Crippen molar-refractivity contribution in [2.45, 2.75) is 51.7 Å². The van der Waals surface area contributed by atoms with Gasteiger partial charge in [0, 0.05) is 55.7 Å². The average Bonchev–Trinajstić information content (AvgIpc) is 3.27. The third-order valence-electron chi connectivity index (χ3n) is 5.18. The van der Waals surface area contributed by atoms with Crippen molar-refractivity contribution in [2.75, 3.05) is 19.6 Å². The van der Waals surface area contributed by atoms with Gasteiger partial charge in [0.2, 0.25) is 5.91 Å². The molecule has 0 unspecified atom stereocenters. The van der Waals surface area contributed by atoms with E-state index < -0.39 is 11.7 Å². The number of hydrogen-bond acceptors (Lipinski definition) is 4. The lowest BCUT2D eigenvalue weighted by atomic mass is 10.0. The van der Waals surface area contributed by atoms with Gasteiger partial charge >= 0.3 is 6.09 Å². The molecule has 2 aromatic rings. The summed E-state index contributed by atoms with van der Waals surface area (Å²) in [6, 6.07) is 11.5. The van der Waals surface area contributed by atoms with Crippen molar-refractivity contribution in [1.82, 2.24) is 20.1 Å². The number of carbonyl (C=O) groups is 3. The number of aromatic nitrogens is 1. The predicted molar refractivity (Wildman–Crippen MR) is 122 cm³/mol. The summed E-state index contributed by atoms with van der Waals surface area (Å²) in [7, 11) is 0. The number of alkyl carbamates (subject to hydrolysis) is 1. The second-order valence-electron chi connectivity index (χ2n) is 8.95. The molecule has 2 heterocycles. The Morgan fingerprint density at radius 3 is 2.25 bits per heavy atom. The Morgan fingerprint density at radius 2 is 1.66 bits per heavy atom. The fourth-order valence-electron chi connectivity index (χ4n) is 3.58. The minimum atomic E-state index is -0.567. The SMILES string of the molecule is CC(C)(C)OC(=O)NCCC(=O)NC1CCN(C(=O)c2ccc(-n3cccc3)cc2)CC1. The Labute approximate surface area is 188 Å². The van der Waals surface area contributed by atoms with Crippen molar-refractivity contribution in [2.24, 2.45) is 0 Å². The van der Waals surface area contributed by atoms with Gasteiger partial charge in [-0.25, -0.2) is 4.79 Å². The van der Waals surface area contributed by atoms with Gasteiger partial charge in [-0.2, -0.15) is 0 Å². The van der Waals surface area contributed by atoms with Crippen molar-refractivity contribution in [3.8, 4) is 5.69 Å². The second kappa shape index (κ2) is 10.3. The van der Waals surface area contributed by atoms with Crippen LogP contribution < -0.4 is 10.6 Å². The zero-order valence-electron chi connectivity index (χ0n) is 19.0. The van der Waals surface area contributed by atoms with E-state index in [0.717, 1.165) is 5.69 Å².